The van der Waals surface area contributed by atoms with E-state index in [-0.39, 0.29) is 6.42 Å². The van der Waals surface area contributed by atoms with Gasteiger partial charge in [-0.05, 0) is 17.7 Å². The number of ether oxygens (including phenoxy) is 1. The van der Waals surface area contributed by atoms with E-state index in [0.717, 1.165) is 23.5 Å². The van der Waals surface area contributed by atoms with Gasteiger partial charge in [0.05, 0.1) is 30.8 Å². The Hall–Kier alpha value is -1.73. The topological polar surface area (TPSA) is 56.5 Å². The van der Waals surface area contributed by atoms with Gasteiger partial charge in [0.1, 0.15) is 12.4 Å². The molecule has 0 saturated carbocycles. The van der Waals surface area contributed by atoms with Crippen LogP contribution in [0.3, 0.4) is 0 Å². The smallest absolute Gasteiger partial charge is 0.142 e. The van der Waals surface area contributed by atoms with Crippen LogP contribution in [0.25, 0.3) is 0 Å². The fourth-order valence-electron chi connectivity index (χ4n) is 1.78. The molecule has 2 rings (SSSR count). The Kier molecular flexibility index (Phi) is 2.97. The molecule has 4 heteroatoms. The predicted octanol–water partition coefficient (Wildman–Crippen LogP) is 1.46. The lowest BCUT2D eigenvalue weighted by Gasteiger charge is -2.28. The van der Waals surface area contributed by atoms with Crippen molar-refractivity contribution in [1.82, 2.24) is 0 Å². The summed E-state index contributed by atoms with van der Waals surface area (Å²) in [5.41, 5.74) is 1.73. The number of hydrogen-bond acceptors (Lipinski definition) is 4. The van der Waals surface area contributed by atoms with Crippen LogP contribution in [0.5, 0.6) is 5.75 Å². The second-order valence-electron chi connectivity index (χ2n) is 3.88. The Morgan fingerprint density at radius 1 is 1.62 bits per heavy atom. The van der Waals surface area contributed by atoms with Gasteiger partial charge >= 0.3 is 0 Å². The van der Waals surface area contributed by atoms with Crippen LogP contribution in [0.4, 0.5) is 5.69 Å². The highest BCUT2D eigenvalue weighted by Crippen LogP contribution is 2.33. The number of rotatable bonds is 2. The molecule has 0 aliphatic carbocycles. The van der Waals surface area contributed by atoms with Crippen LogP contribution < -0.4 is 9.64 Å². The molecule has 1 heterocycles. The molecule has 1 aliphatic rings. The molecular formula is C12H14N2O2. The Morgan fingerprint density at radius 3 is 3.19 bits per heavy atom. The zero-order chi connectivity index (χ0) is 11.5. The molecule has 0 aromatic heterocycles. The van der Waals surface area contributed by atoms with Crippen molar-refractivity contribution in [3.8, 4) is 11.8 Å². The Labute approximate surface area is 94.7 Å². The minimum atomic E-state index is -0.717. The van der Waals surface area contributed by atoms with Crippen LogP contribution in [-0.2, 0) is 0 Å². The average molecular weight is 218 g/mol. The molecule has 4 nitrogen and oxygen atoms in total. The first-order chi connectivity index (χ1) is 7.72. The number of fused-ring (bicyclic) bond motifs is 1. The number of likely N-dealkylation sites (N-methyl/N-ethyl adjacent to an activating group) is 1. The summed E-state index contributed by atoms with van der Waals surface area (Å²) in [6.45, 7) is 1.52. The molecule has 0 amide bonds. The SMILES string of the molecule is CN1CCOc2ccc(C(O)CC#N)cc21. The minimum Gasteiger partial charge on any atom is -0.490 e. The number of benzene rings is 1. The highest BCUT2D eigenvalue weighted by atomic mass is 16.5. The van der Waals surface area contributed by atoms with Gasteiger partial charge in [-0.25, -0.2) is 0 Å². The van der Waals surface area contributed by atoms with Crippen molar-refractivity contribution in [3.05, 3.63) is 23.8 Å². The monoisotopic (exact) mass is 218 g/mol. The van der Waals surface area contributed by atoms with Gasteiger partial charge in [0.2, 0.25) is 0 Å². The third kappa shape index (κ3) is 1.95. The van der Waals surface area contributed by atoms with Crippen LogP contribution >= 0.6 is 0 Å². The predicted molar refractivity (Wildman–Crippen MR) is 60.4 cm³/mol. The minimum absolute atomic E-state index is 0.114. The van der Waals surface area contributed by atoms with E-state index in [1.807, 2.05) is 25.2 Å². The normalized spacial score (nSPS) is 15.9. The number of aliphatic hydroxyl groups is 1. The van der Waals surface area contributed by atoms with E-state index in [9.17, 15) is 5.11 Å². The molecule has 0 saturated heterocycles. The molecule has 1 aliphatic heterocycles. The summed E-state index contributed by atoms with van der Waals surface area (Å²) in [6, 6.07) is 7.50. The summed E-state index contributed by atoms with van der Waals surface area (Å²) in [7, 11) is 1.99. The molecule has 0 bridgehead atoms. The van der Waals surface area contributed by atoms with E-state index in [2.05, 4.69) is 4.90 Å². The molecule has 0 fully saturated rings. The van der Waals surface area contributed by atoms with Gasteiger partial charge in [0.15, 0.2) is 0 Å². The Morgan fingerprint density at radius 2 is 2.44 bits per heavy atom. The summed E-state index contributed by atoms with van der Waals surface area (Å²) < 4.78 is 5.50. The summed E-state index contributed by atoms with van der Waals surface area (Å²) >= 11 is 0. The van der Waals surface area contributed by atoms with Crippen molar-refractivity contribution in [2.45, 2.75) is 12.5 Å². The molecule has 1 unspecified atom stereocenters. The second-order valence-corrected chi connectivity index (χ2v) is 3.88. The molecule has 0 radical (unpaired) electrons. The molecule has 1 atom stereocenters. The van der Waals surface area contributed by atoms with Crippen LogP contribution in [0.1, 0.15) is 18.1 Å². The van der Waals surface area contributed by atoms with E-state index in [0.29, 0.717) is 6.61 Å². The van der Waals surface area contributed by atoms with Gasteiger partial charge in [-0.2, -0.15) is 5.26 Å². The molecule has 1 aromatic rings. The van der Waals surface area contributed by atoms with E-state index in [1.54, 1.807) is 6.07 Å². The van der Waals surface area contributed by atoms with Gasteiger partial charge in [-0.15, -0.1) is 0 Å². The average Bonchev–Trinajstić information content (AvgIpc) is 2.29. The second kappa shape index (κ2) is 4.42. The largest absolute Gasteiger partial charge is 0.490 e. The first kappa shape index (κ1) is 10.8. The summed E-state index contributed by atoms with van der Waals surface area (Å²) in [5.74, 6) is 0.835. The van der Waals surface area contributed by atoms with Crippen LogP contribution in [0, 0.1) is 11.3 Å². The van der Waals surface area contributed by atoms with E-state index in [4.69, 9.17) is 10.00 Å². The van der Waals surface area contributed by atoms with Crippen LogP contribution in [-0.4, -0.2) is 25.3 Å². The lowest BCUT2D eigenvalue weighted by atomic mass is 10.1. The quantitative estimate of drug-likeness (QED) is 0.816. The highest BCUT2D eigenvalue weighted by Gasteiger charge is 2.17. The summed E-state index contributed by atoms with van der Waals surface area (Å²) in [4.78, 5) is 2.08. The lowest BCUT2D eigenvalue weighted by molar-refractivity contribution is 0.183. The van der Waals surface area contributed by atoms with E-state index < -0.39 is 6.10 Å². The fraction of sp³-hybridized carbons (Fsp3) is 0.417. The summed E-state index contributed by atoms with van der Waals surface area (Å²) in [5, 5.41) is 18.3. The Balaban J connectivity index is 2.31. The third-order valence-corrected chi connectivity index (χ3v) is 2.75. The van der Waals surface area contributed by atoms with Crippen molar-refractivity contribution in [2.24, 2.45) is 0 Å². The number of aliphatic hydroxyl groups excluding tert-OH is 1. The van der Waals surface area contributed by atoms with Crippen molar-refractivity contribution >= 4 is 5.69 Å². The van der Waals surface area contributed by atoms with Crippen molar-refractivity contribution in [1.29, 1.82) is 5.26 Å². The first-order valence-electron chi connectivity index (χ1n) is 5.25. The number of nitrogens with zero attached hydrogens (tertiary/aromatic N) is 2. The highest BCUT2D eigenvalue weighted by molar-refractivity contribution is 5.61. The van der Waals surface area contributed by atoms with Crippen molar-refractivity contribution < 1.29 is 9.84 Å². The van der Waals surface area contributed by atoms with Crippen LogP contribution in [0.2, 0.25) is 0 Å². The molecule has 0 spiro atoms. The maximum Gasteiger partial charge on any atom is 0.142 e. The number of hydrogen-bond donors (Lipinski definition) is 1. The van der Waals surface area contributed by atoms with Crippen molar-refractivity contribution in [2.75, 3.05) is 25.1 Å². The van der Waals surface area contributed by atoms with Gasteiger partial charge in [0, 0.05) is 7.05 Å². The van der Waals surface area contributed by atoms with E-state index in [1.165, 1.54) is 0 Å². The Bertz CT molecular complexity index is 426. The van der Waals surface area contributed by atoms with Crippen LogP contribution in [0.15, 0.2) is 18.2 Å². The zero-order valence-corrected chi connectivity index (χ0v) is 9.18. The molecule has 1 aromatic carbocycles. The van der Waals surface area contributed by atoms with Crippen molar-refractivity contribution in [3.63, 3.8) is 0 Å². The lowest BCUT2D eigenvalue weighted by Crippen LogP contribution is -2.28. The fourth-order valence-corrected chi connectivity index (χ4v) is 1.78. The number of anilines is 1. The first-order valence-corrected chi connectivity index (χ1v) is 5.25. The maximum absolute atomic E-state index is 9.73. The van der Waals surface area contributed by atoms with Gasteiger partial charge in [0.25, 0.3) is 0 Å². The van der Waals surface area contributed by atoms with Gasteiger partial charge < -0.3 is 14.7 Å². The van der Waals surface area contributed by atoms with Gasteiger partial charge in [-0.1, -0.05) is 6.07 Å². The molecule has 1 N–H and O–H groups in total. The molecular weight excluding hydrogens is 204 g/mol. The summed E-state index contributed by atoms with van der Waals surface area (Å²) in [6.07, 6.45) is -0.603. The molecule has 84 valence electrons. The maximum atomic E-state index is 9.73. The van der Waals surface area contributed by atoms with E-state index >= 15 is 0 Å². The van der Waals surface area contributed by atoms with Gasteiger partial charge in [-0.3, -0.25) is 0 Å². The number of nitriles is 1. The third-order valence-electron chi connectivity index (χ3n) is 2.75. The zero-order valence-electron chi connectivity index (χ0n) is 9.18. The standard InChI is InChI=1S/C12H14N2O2/c1-14-6-7-16-12-3-2-9(8-10(12)14)11(15)4-5-13/h2-3,8,11,15H,4,6-7H2,1H3. The molecule has 16 heavy (non-hydrogen) atoms.